The highest BCUT2D eigenvalue weighted by molar-refractivity contribution is 5.05. The van der Waals surface area contributed by atoms with Crippen LogP contribution in [0.2, 0.25) is 0 Å². The van der Waals surface area contributed by atoms with Crippen LogP contribution in [0.3, 0.4) is 0 Å². The van der Waals surface area contributed by atoms with E-state index in [4.69, 9.17) is 0 Å². The Morgan fingerprint density at radius 3 is 1.93 bits per heavy atom. The van der Waals surface area contributed by atoms with E-state index in [0.717, 1.165) is 47.3 Å². The second-order valence-electron chi connectivity index (χ2n) is 14.4. The van der Waals surface area contributed by atoms with E-state index in [0.29, 0.717) is 16.2 Å². The summed E-state index contributed by atoms with van der Waals surface area (Å²) >= 11 is 0. The van der Waals surface area contributed by atoms with Gasteiger partial charge in [0, 0.05) is 0 Å². The first-order valence-corrected chi connectivity index (χ1v) is 14.0. The average Bonchev–Trinajstić information content (AvgIpc) is 2.99. The van der Waals surface area contributed by atoms with Gasteiger partial charge in [0.25, 0.3) is 0 Å². The molecule has 0 radical (unpaired) electrons. The molecular formula is C30H54. The molecule has 0 N–H and O–H groups in total. The van der Waals surface area contributed by atoms with Crippen LogP contribution < -0.4 is 0 Å². The first kappa shape index (κ1) is 23.2. The van der Waals surface area contributed by atoms with Crippen LogP contribution >= 0.6 is 0 Å². The number of fused-ring (bicyclic) bond motifs is 2. The summed E-state index contributed by atoms with van der Waals surface area (Å²) in [6, 6.07) is 0. The van der Waals surface area contributed by atoms with Crippen molar-refractivity contribution < 1.29 is 0 Å². The van der Waals surface area contributed by atoms with Crippen molar-refractivity contribution >= 4 is 0 Å². The fraction of sp³-hybridized carbons (Fsp3) is 1.00. The van der Waals surface area contributed by atoms with E-state index in [9.17, 15) is 0 Å². The van der Waals surface area contributed by atoms with E-state index in [2.05, 4.69) is 55.4 Å². The van der Waals surface area contributed by atoms with Crippen LogP contribution in [0.1, 0.15) is 126 Å². The summed E-state index contributed by atoms with van der Waals surface area (Å²) in [4.78, 5) is 0. The van der Waals surface area contributed by atoms with Gasteiger partial charge in [0.15, 0.2) is 0 Å². The molecule has 4 fully saturated rings. The lowest BCUT2D eigenvalue weighted by Crippen LogP contribution is -2.51. The van der Waals surface area contributed by atoms with E-state index in [1.807, 2.05) is 0 Å². The quantitative estimate of drug-likeness (QED) is 0.429. The molecule has 0 saturated heterocycles. The standard InChI is InChI=1S/C30H54/c1-20(2)23-16-19-29(7)24(21(3)10-12-26(23)29)13-14-25-22(4)11-15-27-28(5,6)17-9-18-30(25,27)8/h20-27H,9-19H2,1-8H3/t21-,22-,23+,24?,25?,26+,27?,29+,30+/m0/s1. The van der Waals surface area contributed by atoms with E-state index < -0.39 is 0 Å². The Balaban J connectivity index is 1.52. The molecule has 0 amide bonds. The van der Waals surface area contributed by atoms with Crippen molar-refractivity contribution in [2.24, 2.45) is 63.6 Å². The molecule has 174 valence electrons. The monoisotopic (exact) mass is 414 g/mol. The normalized spacial score (nSPS) is 50.9. The Labute approximate surface area is 189 Å². The third kappa shape index (κ3) is 3.63. The molecule has 0 aromatic heterocycles. The van der Waals surface area contributed by atoms with Gasteiger partial charge in [-0.1, -0.05) is 74.7 Å². The topological polar surface area (TPSA) is 0 Å². The summed E-state index contributed by atoms with van der Waals surface area (Å²) in [7, 11) is 0. The van der Waals surface area contributed by atoms with E-state index in [1.165, 1.54) is 70.6 Å². The zero-order valence-corrected chi connectivity index (χ0v) is 21.9. The van der Waals surface area contributed by atoms with Crippen molar-refractivity contribution in [3.05, 3.63) is 0 Å². The van der Waals surface area contributed by atoms with E-state index in [-0.39, 0.29) is 0 Å². The van der Waals surface area contributed by atoms with Crippen molar-refractivity contribution in [3.8, 4) is 0 Å². The van der Waals surface area contributed by atoms with Gasteiger partial charge in [-0.25, -0.2) is 0 Å². The summed E-state index contributed by atoms with van der Waals surface area (Å²) in [6.07, 6.45) is 16.5. The molecule has 4 rings (SSSR count). The molecule has 9 atom stereocenters. The molecule has 0 aromatic carbocycles. The second-order valence-corrected chi connectivity index (χ2v) is 14.4. The van der Waals surface area contributed by atoms with Crippen LogP contribution in [-0.2, 0) is 0 Å². The molecule has 4 aliphatic rings. The SMILES string of the molecule is CC(C)[C@H]1CC[C@]2(C)C(CCC3[C@@H](C)CCC4C(C)(C)CCC[C@]34C)[C@@H](C)CC[C@H]12. The molecule has 4 aliphatic carbocycles. The van der Waals surface area contributed by atoms with Gasteiger partial charge < -0.3 is 0 Å². The Morgan fingerprint density at radius 2 is 1.30 bits per heavy atom. The molecule has 0 heteroatoms. The van der Waals surface area contributed by atoms with Crippen LogP contribution in [0, 0.1) is 63.6 Å². The molecule has 0 heterocycles. The fourth-order valence-corrected chi connectivity index (χ4v) is 10.6. The summed E-state index contributed by atoms with van der Waals surface area (Å²) in [5.74, 6) is 7.69. The van der Waals surface area contributed by atoms with Gasteiger partial charge in [0.05, 0.1) is 0 Å². The third-order valence-electron chi connectivity index (χ3n) is 12.2. The van der Waals surface area contributed by atoms with Crippen LogP contribution in [0.5, 0.6) is 0 Å². The third-order valence-corrected chi connectivity index (χ3v) is 12.2. The van der Waals surface area contributed by atoms with Gasteiger partial charge in [-0.3, -0.25) is 0 Å². The lowest BCUT2D eigenvalue weighted by Gasteiger charge is -2.60. The highest BCUT2D eigenvalue weighted by Gasteiger charge is 2.56. The summed E-state index contributed by atoms with van der Waals surface area (Å²) < 4.78 is 0. The lowest BCUT2D eigenvalue weighted by atomic mass is 9.45. The van der Waals surface area contributed by atoms with E-state index >= 15 is 0 Å². The van der Waals surface area contributed by atoms with Crippen LogP contribution in [-0.4, -0.2) is 0 Å². The van der Waals surface area contributed by atoms with Gasteiger partial charge >= 0.3 is 0 Å². The minimum absolute atomic E-state index is 0.566. The number of hydrogen-bond acceptors (Lipinski definition) is 0. The smallest absolute Gasteiger partial charge is 0.0262 e. The van der Waals surface area contributed by atoms with Crippen LogP contribution in [0.4, 0.5) is 0 Å². The Morgan fingerprint density at radius 1 is 0.700 bits per heavy atom. The number of rotatable bonds is 4. The zero-order chi connectivity index (χ0) is 21.9. The maximum Gasteiger partial charge on any atom is -0.0262 e. The Hall–Kier alpha value is 0. The fourth-order valence-electron chi connectivity index (χ4n) is 10.6. The van der Waals surface area contributed by atoms with Gasteiger partial charge in [0.1, 0.15) is 0 Å². The zero-order valence-electron chi connectivity index (χ0n) is 21.9. The first-order chi connectivity index (χ1) is 14.0. The predicted octanol–water partition coefficient (Wildman–Crippen LogP) is 9.38. The molecule has 0 spiro atoms. The average molecular weight is 415 g/mol. The lowest BCUT2D eigenvalue weighted by molar-refractivity contribution is -0.102. The largest absolute Gasteiger partial charge is 0.0625 e. The summed E-state index contributed by atoms with van der Waals surface area (Å²) in [5, 5.41) is 0. The molecule has 0 aromatic rings. The van der Waals surface area contributed by atoms with Gasteiger partial charge in [0.2, 0.25) is 0 Å². The molecule has 3 unspecified atom stereocenters. The van der Waals surface area contributed by atoms with Gasteiger partial charge in [-0.05, 0) is 115 Å². The van der Waals surface area contributed by atoms with Crippen LogP contribution in [0.25, 0.3) is 0 Å². The molecule has 0 aliphatic heterocycles. The molecular weight excluding hydrogens is 360 g/mol. The van der Waals surface area contributed by atoms with Crippen LogP contribution in [0.15, 0.2) is 0 Å². The first-order valence-electron chi connectivity index (χ1n) is 14.0. The summed E-state index contributed by atoms with van der Waals surface area (Å²) in [6.45, 7) is 20.9. The number of hydrogen-bond donors (Lipinski definition) is 0. The van der Waals surface area contributed by atoms with Gasteiger partial charge in [-0.2, -0.15) is 0 Å². The highest BCUT2D eigenvalue weighted by Crippen LogP contribution is 2.64. The van der Waals surface area contributed by atoms with Crippen molar-refractivity contribution in [2.75, 3.05) is 0 Å². The molecule has 30 heavy (non-hydrogen) atoms. The van der Waals surface area contributed by atoms with Crippen molar-refractivity contribution in [2.45, 2.75) is 126 Å². The minimum Gasteiger partial charge on any atom is -0.0625 e. The Bertz CT molecular complexity index is 601. The van der Waals surface area contributed by atoms with Crippen molar-refractivity contribution in [1.29, 1.82) is 0 Å². The van der Waals surface area contributed by atoms with Crippen molar-refractivity contribution in [1.82, 2.24) is 0 Å². The minimum atomic E-state index is 0.566. The maximum atomic E-state index is 2.74. The van der Waals surface area contributed by atoms with Crippen molar-refractivity contribution in [3.63, 3.8) is 0 Å². The summed E-state index contributed by atoms with van der Waals surface area (Å²) in [5.41, 5.74) is 1.81. The molecule has 4 saturated carbocycles. The highest BCUT2D eigenvalue weighted by atomic mass is 14.6. The molecule has 0 nitrogen and oxygen atoms in total. The Kier molecular flexibility index (Phi) is 6.25. The van der Waals surface area contributed by atoms with Gasteiger partial charge in [-0.15, -0.1) is 0 Å². The molecule has 0 bridgehead atoms. The van der Waals surface area contributed by atoms with E-state index in [1.54, 1.807) is 0 Å². The predicted molar refractivity (Wildman–Crippen MR) is 131 cm³/mol. The maximum absolute atomic E-state index is 2.74. The second kappa shape index (κ2) is 8.09.